The van der Waals surface area contributed by atoms with Gasteiger partial charge >= 0.3 is 5.97 Å². The Bertz CT molecular complexity index is 523. The first-order valence-corrected chi connectivity index (χ1v) is 5.95. The quantitative estimate of drug-likeness (QED) is 0.779. The summed E-state index contributed by atoms with van der Waals surface area (Å²) in [5.74, 6) is 0.645. The molecule has 0 saturated carbocycles. The normalized spacial score (nSPS) is 21.3. The van der Waals surface area contributed by atoms with E-state index in [-0.39, 0.29) is 19.0 Å². The van der Waals surface area contributed by atoms with Crippen molar-refractivity contribution >= 4 is 11.8 Å². The summed E-state index contributed by atoms with van der Waals surface area (Å²) in [5.41, 5.74) is -0.352. The summed E-state index contributed by atoms with van der Waals surface area (Å²) in [4.78, 5) is 23.3. The van der Waals surface area contributed by atoms with Crippen molar-refractivity contribution in [3.63, 3.8) is 0 Å². The van der Waals surface area contributed by atoms with Gasteiger partial charge in [0.1, 0.15) is 24.7 Å². The second kappa shape index (κ2) is 4.91. The predicted molar refractivity (Wildman–Crippen MR) is 67.6 cm³/mol. The van der Waals surface area contributed by atoms with Gasteiger partial charge in [-0.1, -0.05) is 0 Å². The summed E-state index contributed by atoms with van der Waals surface area (Å²) in [6.07, 6.45) is 0. The average molecular weight is 264 g/mol. The molecule has 0 aliphatic carbocycles. The van der Waals surface area contributed by atoms with Crippen LogP contribution in [0.3, 0.4) is 0 Å². The molecule has 102 valence electrons. The van der Waals surface area contributed by atoms with Crippen LogP contribution in [-0.4, -0.2) is 32.1 Å². The lowest BCUT2D eigenvalue weighted by molar-refractivity contribution is -0.143. The third-order valence-corrected chi connectivity index (χ3v) is 3.12. The molecule has 5 nitrogen and oxygen atoms in total. The first kappa shape index (κ1) is 13.4. The van der Waals surface area contributed by atoms with Crippen molar-refractivity contribution in [3.05, 3.63) is 23.8 Å². The number of Topliss-reactive ketones (excluding diaryl/α,β-unsaturated/α-hetero) is 1. The predicted octanol–water partition coefficient (Wildman–Crippen LogP) is 1.84. The smallest absolute Gasteiger partial charge is 0.302 e. The summed E-state index contributed by atoms with van der Waals surface area (Å²) < 4.78 is 15.6. The van der Waals surface area contributed by atoms with Crippen molar-refractivity contribution in [1.82, 2.24) is 0 Å². The van der Waals surface area contributed by atoms with Crippen LogP contribution in [0.25, 0.3) is 0 Å². The van der Waals surface area contributed by atoms with Gasteiger partial charge in [-0.05, 0) is 19.1 Å². The molecule has 1 aromatic carbocycles. The van der Waals surface area contributed by atoms with Crippen LogP contribution < -0.4 is 9.47 Å². The van der Waals surface area contributed by atoms with E-state index in [9.17, 15) is 9.59 Å². The largest absolute Gasteiger partial charge is 0.497 e. The molecule has 2 rings (SSSR count). The number of methoxy groups -OCH3 is 1. The van der Waals surface area contributed by atoms with E-state index >= 15 is 0 Å². The first-order valence-electron chi connectivity index (χ1n) is 5.95. The molecule has 19 heavy (non-hydrogen) atoms. The number of hydrogen-bond donors (Lipinski definition) is 0. The fourth-order valence-corrected chi connectivity index (χ4v) is 1.93. The minimum atomic E-state index is -0.840. The zero-order chi connectivity index (χ0) is 14.0. The Morgan fingerprint density at radius 2 is 2.21 bits per heavy atom. The van der Waals surface area contributed by atoms with Crippen LogP contribution in [0.5, 0.6) is 11.5 Å². The number of carbonyl (C=O) groups is 2. The van der Waals surface area contributed by atoms with E-state index < -0.39 is 11.4 Å². The van der Waals surface area contributed by atoms with Crippen molar-refractivity contribution in [2.24, 2.45) is 5.41 Å². The minimum Gasteiger partial charge on any atom is -0.497 e. The van der Waals surface area contributed by atoms with Gasteiger partial charge in [0.25, 0.3) is 0 Å². The molecule has 1 aliphatic heterocycles. The highest BCUT2D eigenvalue weighted by atomic mass is 16.5. The van der Waals surface area contributed by atoms with Crippen molar-refractivity contribution in [2.45, 2.75) is 13.8 Å². The van der Waals surface area contributed by atoms with Gasteiger partial charge in [-0.2, -0.15) is 0 Å². The third-order valence-electron chi connectivity index (χ3n) is 3.12. The molecular formula is C14H16O5. The van der Waals surface area contributed by atoms with Crippen molar-refractivity contribution < 1.29 is 23.8 Å². The maximum atomic E-state index is 12.4. The van der Waals surface area contributed by atoms with Crippen molar-refractivity contribution in [2.75, 3.05) is 20.3 Å². The molecule has 0 amide bonds. The Morgan fingerprint density at radius 3 is 2.84 bits per heavy atom. The summed E-state index contributed by atoms with van der Waals surface area (Å²) in [5, 5.41) is 0. The highest BCUT2D eigenvalue weighted by molar-refractivity contribution is 6.04. The summed E-state index contributed by atoms with van der Waals surface area (Å²) in [7, 11) is 1.55. The Kier molecular flexibility index (Phi) is 3.46. The maximum absolute atomic E-state index is 12.4. The van der Waals surface area contributed by atoms with Crippen LogP contribution in [0.2, 0.25) is 0 Å². The van der Waals surface area contributed by atoms with Crippen LogP contribution in [-0.2, 0) is 9.53 Å². The second-order valence-electron chi connectivity index (χ2n) is 4.82. The average Bonchev–Trinajstić information content (AvgIpc) is 2.41. The van der Waals surface area contributed by atoms with Gasteiger partial charge in [0, 0.05) is 13.0 Å². The van der Waals surface area contributed by atoms with Gasteiger partial charge in [0.2, 0.25) is 0 Å². The fraction of sp³-hybridized carbons (Fsp3) is 0.429. The molecule has 0 spiro atoms. The van der Waals surface area contributed by atoms with Gasteiger partial charge < -0.3 is 14.2 Å². The lowest BCUT2D eigenvalue weighted by Gasteiger charge is -2.32. The van der Waals surface area contributed by atoms with Crippen molar-refractivity contribution in [3.8, 4) is 11.5 Å². The number of ether oxygens (including phenoxy) is 3. The molecule has 0 N–H and O–H groups in total. The second-order valence-corrected chi connectivity index (χ2v) is 4.82. The third kappa shape index (κ3) is 2.54. The van der Waals surface area contributed by atoms with Crippen LogP contribution in [0.4, 0.5) is 0 Å². The van der Waals surface area contributed by atoms with Gasteiger partial charge in [0.05, 0.1) is 18.1 Å². The zero-order valence-corrected chi connectivity index (χ0v) is 11.2. The number of rotatable bonds is 3. The number of ketones is 1. The van der Waals surface area contributed by atoms with Crippen LogP contribution in [0.1, 0.15) is 24.2 Å². The molecule has 0 bridgehead atoms. The Balaban J connectivity index is 2.26. The maximum Gasteiger partial charge on any atom is 0.302 e. The van der Waals surface area contributed by atoms with E-state index in [2.05, 4.69) is 0 Å². The van der Waals surface area contributed by atoms with E-state index in [4.69, 9.17) is 14.2 Å². The Hall–Kier alpha value is -2.04. The van der Waals surface area contributed by atoms with Gasteiger partial charge in [0.15, 0.2) is 5.78 Å². The van der Waals surface area contributed by atoms with E-state index in [0.29, 0.717) is 17.1 Å². The van der Waals surface area contributed by atoms with Crippen molar-refractivity contribution in [1.29, 1.82) is 0 Å². The molecule has 1 aliphatic rings. The van der Waals surface area contributed by atoms with E-state index in [0.717, 1.165) is 0 Å². The lowest BCUT2D eigenvalue weighted by Crippen LogP contribution is -2.42. The van der Waals surface area contributed by atoms with E-state index in [1.54, 1.807) is 32.2 Å². The molecule has 5 heteroatoms. The molecule has 0 saturated heterocycles. The minimum absolute atomic E-state index is 0.0205. The standard InChI is InChI=1S/C14H16O5/c1-9(15)18-7-14(2)8-19-12-6-10(17-3)4-5-11(12)13(14)16/h4-6H,7-8H2,1-3H3. The highest BCUT2D eigenvalue weighted by Gasteiger charge is 2.41. The lowest BCUT2D eigenvalue weighted by atomic mass is 9.81. The number of esters is 1. The molecule has 1 heterocycles. The van der Waals surface area contributed by atoms with Gasteiger partial charge in [-0.3, -0.25) is 9.59 Å². The molecule has 0 radical (unpaired) electrons. The Morgan fingerprint density at radius 1 is 1.47 bits per heavy atom. The van der Waals surface area contributed by atoms with Crippen LogP contribution in [0, 0.1) is 5.41 Å². The Labute approximate surface area is 111 Å². The molecule has 1 atom stereocenters. The first-order chi connectivity index (χ1) is 8.96. The number of benzene rings is 1. The monoisotopic (exact) mass is 264 g/mol. The summed E-state index contributed by atoms with van der Waals surface area (Å²) in [6, 6.07) is 5.05. The zero-order valence-electron chi connectivity index (χ0n) is 11.2. The van der Waals surface area contributed by atoms with Gasteiger partial charge in [-0.15, -0.1) is 0 Å². The summed E-state index contributed by atoms with van der Waals surface area (Å²) in [6.45, 7) is 3.24. The molecule has 0 aromatic heterocycles. The number of carbonyl (C=O) groups excluding carboxylic acids is 2. The van der Waals surface area contributed by atoms with E-state index in [1.165, 1.54) is 6.92 Å². The molecule has 0 fully saturated rings. The molecule has 1 unspecified atom stereocenters. The SMILES string of the molecule is COc1ccc2c(c1)OCC(C)(COC(C)=O)C2=O. The summed E-state index contributed by atoms with van der Waals surface area (Å²) >= 11 is 0. The van der Waals surface area contributed by atoms with Crippen LogP contribution >= 0.6 is 0 Å². The van der Waals surface area contributed by atoms with Crippen LogP contribution in [0.15, 0.2) is 18.2 Å². The molecule has 1 aromatic rings. The topological polar surface area (TPSA) is 61.8 Å². The highest BCUT2D eigenvalue weighted by Crippen LogP contribution is 2.36. The number of hydrogen-bond acceptors (Lipinski definition) is 5. The number of fused-ring (bicyclic) bond motifs is 1. The van der Waals surface area contributed by atoms with E-state index in [1.807, 2.05) is 0 Å². The molecular weight excluding hydrogens is 248 g/mol. The fourth-order valence-electron chi connectivity index (χ4n) is 1.93. The van der Waals surface area contributed by atoms with Gasteiger partial charge in [-0.25, -0.2) is 0 Å².